The molecule has 3 aromatic rings. The van der Waals surface area contributed by atoms with Crippen molar-refractivity contribution in [2.75, 3.05) is 0 Å². The summed E-state index contributed by atoms with van der Waals surface area (Å²) >= 11 is 4.64. The van der Waals surface area contributed by atoms with Crippen LogP contribution < -0.4 is 10.1 Å². The second-order valence-electron chi connectivity index (χ2n) is 6.68. The van der Waals surface area contributed by atoms with Gasteiger partial charge in [0.2, 0.25) is 0 Å². The summed E-state index contributed by atoms with van der Waals surface area (Å²) in [4.78, 5) is 16.9. The van der Waals surface area contributed by atoms with Crippen LogP contribution in [-0.2, 0) is 11.4 Å². The number of rotatable bonds is 5. The molecule has 5 nitrogen and oxygen atoms in total. The number of thioether (sulfide) groups is 1. The number of hydrogen-bond donors (Lipinski definition) is 1. The van der Waals surface area contributed by atoms with E-state index in [1.165, 1.54) is 6.07 Å². The number of carbonyl (C=O) groups is 1. The number of amides is 1. The van der Waals surface area contributed by atoms with Gasteiger partial charge in [-0.15, -0.1) is 0 Å². The van der Waals surface area contributed by atoms with E-state index in [2.05, 4.69) is 32.3 Å². The average molecular weight is 508 g/mol. The molecule has 1 fully saturated rings. The van der Waals surface area contributed by atoms with Gasteiger partial charge < -0.3 is 10.1 Å². The Labute approximate surface area is 196 Å². The van der Waals surface area contributed by atoms with E-state index in [9.17, 15) is 14.4 Å². The van der Waals surface area contributed by atoms with Gasteiger partial charge in [0.25, 0.3) is 5.91 Å². The van der Waals surface area contributed by atoms with Crippen molar-refractivity contribution in [3.05, 3.63) is 98.6 Å². The standard InChI is InChI=1S/C24H15BrFN3O2S/c25-18-11-15(9-10-21(18)31-14-17-6-2-1-5-16(17)13-27)12-22-23(30)29-24(32-22)28-20-8-4-3-7-19(20)26/h1-12H,14H2,(H,28,29,30)/b22-12-. The fraction of sp³-hybridized carbons (Fsp3) is 0.0417. The molecular weight excluding hydrogens is 493 g/mol. The Bertz CT molecular complexity index is 1300. The van der Waals surface area contributed by atoms with Crippen LogP contribution in [0.15, 0.2) is 81.1 Å². The van der Waals surface area contributed by atoms with E-state index < -0.39 is 5.82 Å². The minimum Gasteiger partial charge on any atom is -0.488 e. The van der Waals surface area contributed by atoms with E-state index >= 15 is 0 Å². The molecule has 0 atom stereocenters. The van der Waals surface area contributed by atoms with Gasteiger partial charge in [-0.05, 0) is 69.7 Å². The molecule has 1 aliphatic heterocycles. The first-order chi connectivity index (χ1) is 15.5. The Balaban J connectivity index is 1.48. The molecule has 1 saturated heterocycles. The van der Waals surface area contributed by atoms with Crippen LogP contribution in [0.4, 0.5) is 10.1 Å². The van der Waals surface area contributed by atoms with Crippen molar-refractivity contribution >= 4 is 50.5 Å². The first-order valence-electron chi connectivity index (χ1n) is 9.48. The highest BCUT2D eigenvalue weighted by atomic mass is 79.9. The van der Waals surface area contributed by atoms with Gasteiger partial charge in [0.15, 0.2) is 5.17 Å². The lowest BCUT2D eigenvalue weighted by Crippen LogP contribution is -2.19. The van der Waals surface area contributed by atoms with Crippen molar-refractivity contribution in [3.8, 4) is 11.8 Å². The van der Waals surface area contributed by atoms with Crippen LogP contribution >= 0.6 is 27.7 Å². The van der Waals surface area contributed by atoms with Gasteiger partial charge in [-0.3, -0.25) is 4.79 Å². The van der Waals surface area contributed by atoms with Gasteiger partial charge in [0, 0.05) is 5.56 Å². The monoisotopic (exact) mass is 507 g/mol. The smallest absolute Gasteiger partial charge is 0.264 e. The predicted octanol–water partition coefficient (Wildman–Crippen LogP) is 5.93. The molecule has 0 spiro atoms. The quantitative estimate of drug-likeness (QED) is 0.434. The number of nitrogens with zero attached hydrogens (tertiary/aromatic N) is 2. The zero-order valence-corrected chi connectivity index (χ0v) is 18.9. The third-order valence-corrected chi connectivity index (χ3v) is 6.03. The highest BCUT2D eigenvalue weighted by Crippen LogP contribution is 2.32. The minimum absolute atomic E-state index is 0.166. The molecule has 0 bridgehead atoms. The molecule has 1 heterocycles. The number of carbonyl (C=O) groups excluding carboxylic acids is 1. The number of halogens is 2. The summed E-state index contributed by atoms with van der Waals surface area (Å²) < 4.78 is 20.4. The van der Waals surface area contributed by atoms with Crippen LogP contribution in [-0.4, -0.2) is 11.1 Å². The number of nitriles is 1. The zero-order valence-electron chi connectivity index (χ0n) is 16.5. The molecule has 158 valence electrons. The number of para-hydroxylation sites is 1. The van der Waals surface area contributed by atoms with E-state index in [1.54, 1.807) is 36.4 Å². The summed E-state index contributed by atoms with van der Waals surface area (Å²) in [6.45, 7) is 0.261. The van der Waals surface area contributed by atoms with E-state index in [0.29, 0.717) is 25.9 Å². The summed E-state index contributed by atoms with van der Waals surface area (Å²) in [7, 11) is 0. The molecule has 3 aromatic carbocycles. The molecule has 0 unspecified atom stereocenters. The molecule has 0 saturated carbocycles. The van der Waals surface area contributed by atoms with Crippen molar-refractivity contribution in [3.63, 3.8) is 0 Å². The van der Waals surface area contributed by atoms with Crippen LogP contribution in [0.1, 0.15) is 16.7 Å². The van der Waals surface area contributed by atoms with Crippen molar-refractivity contribution in [2.45, 2.75) is 6.61 Å². The van der Waals surface area contributed by atoms with E-state index in [0.717, 1.165) is 22.9 Å². The normalized spacial score (nSPS) is 15.6. The van der Waals surface area contributed by atoms with Gasteiger partial charge in [0.1, 0.15) is 23.9 Å². The summed E-state index contributed by atoms with van der Waals surface area (Å²) in [5, 5.41) is 12.2. The predicted molar refractivity (Wildman–Crippen MR) is 127 cm³/mol. The number of nitrogens with one attached hydrogen (secondary N) is 1. The molecule has 1 N–H and O–H groups in total. The van der Waals surface area contributed by atoms with Crippen molar-refractivity contribution in [2.24, 2.45) is 4.99 Å². The fourth-order valence-electron chi connectivity index (χ4n) is 2.92. The van der Waals surface area contributed by atoms with Crippen LogP contribution in [0.5, 0.6) is 5.75 Å². The third-order valence-electron chi connectivity index (χ3n) is 4.50. The SMILES string of the molecule is N#Cc1ccccc1COc1ccc(/C=C2\SC(=Nc3ccccc3F)NC2=O)cc1Br. The summed E-state index contributed by atoms with van der Waals surface area (Å²) in [5.41, 5.74) is 2.32. The second kappa shape index (κ2) is 9.81. The molecule has 4 rings (SSSR count). The fourth-order valence-corrected chi connectivity index (χ4v) is 4.26. The number of amidine groups is 1. The van der Waals surface area contributed by atoms with E-state index in [-0.39, 0.29) is 18.2 Å². The first-order valence-corrected chi connectivity index (χ1v) is 11.1. The third kappa shape index (κ3) is 5.07. The van der Waals surface area contributed by atoms with Gasteiger partial charge in [-0.1, -0.05) is 36.4 Å². The Kier molecular flexibility index (Phi) is 6.69. The zero-order chi connectivity index (χ0) is 22.5. The van der Waals surface area contributed by atoms with Crippen molar-refractivity contribution in [1.82, 2.24) is 5.32 Å². The summed E-state index contributed by atoms with van der Waals surface area (Å²) in [6, 6.07) is 21.0. The Morgan fingerprint density at radius 1 is 1.16 bits per heavy atom. The maximum Gasteiger partial charge on any atom is 0.264 e. The van der Waals surface area contributed by atoms with Crippen LogP contribution in [0.3, 0.4) is 0 Å². The lowest BCUT2D eigenvalue weighted by Gasteiger charge is -2.10. The highest BCUT2D eigenvalue weighted by molar-refractivity contribution is 9.10. The molecule has 8 heteroatoms. The van der Waals surface area contributed by atoms with Crippen LogP contribution in [0, 0.1) is 17.1 Å². The number of aliphatic imine (C=N–C) groups is 1. The molecule has 0 aliphatic carbocycles. The summed E-state index contributed by atoms with van der Waals surface area (Å²) in [5.74, 6) is -0.135. The Hall–Kier alpha value is -3.41. The van der Waals surface area contributed by atoms with Crippen LogP contribution in [0.2, 0.25) is 0 Å². The Morgan fingerprint density at radius 3 is 2.72 bits per heavy atom. The van der Waals surface area contributed by atoms with E-state index in [1.807, 2.05) is 30.3 Å². The Morgan fingerprint density at radius 2 is 1.94 bits per heavy atom. The second-order valence-corrected chi connectivity index (χ2v) is 8.57. The number of benzene rings is 3. The van der Waals surface area contributed by atoms with Gasteiger partial charge in [0.05, 0.1) is 21.0 Å². The average Bonchev–Trinajstić information content (AvgIpc) is 3.13. The molecule has 1 aliphatic rings. The lowest BCUT2D eigenvalue weighted by atomic mass is 10.1. The number of ether oxygens (including phenoxy) is 1. The molecule has 0 radical (unpaired) electrons. The maximum absolute atomic E-state index is 13.8. The van der Waals surface area contributed by atoms with E-state index in [4.69, 9.17) is 4.74 Å². The van der Waals surface area contributed by atoms with Crippen molar-refractivity contribution in [1.29, 1.82) is 5.26 Å². The molecular formula is C24H15BrFN3O2S. The van der Waals surface area contributed by atoms with Gasteiger partial charge in [-0.25, -0.2) is 9.38 Å². The topological polar surface area (TPSA) is 74.5 Å². The van der Waals surface area contributed by atoms with Crippen LogP contribution in [0.25, 0.3) is 6.08 Å². The highest BCUT2D eigenvalue weighted by Gasteiger charge is 2.24. The minimum atomic E-state index is -0.454. The maximum atomic E-state index is 13.8. The summed E-state index contributed by atoms with van der Waals surface area (Å²) in [6.07, 6.45) is 1.73. The lowest BCUT2D eigenvalue weighted by molar-refractivity contribution is -0.115. The van der Waals surface area contributed by atoms with Gasteiger partial charge >= 0.3 is 0 Å². The first kappa shape index (κ1) is 21.8. The largest absolute Gasteiger partial charge is 0.488 e. The number of hydrogen-bond acceptors (Lipinski definition) is 5. The molecule has 0 aromatic heterocycles. The molecule has 32 heavy (non-hydrogen) atoms. The van der Waals surface area contributed by atoms with Gasteiger partial charge in [-0.2, -0.15) is 5.26 Å². The molecule has 1 amide bonds. The van der Waals surface area contributed by atoms with Crippen molar-refractivity contribution < 1.29 is 13.9 Å².